The third kappa shape index (κ3) is 2.33. The zero-order valence-electron chi connectivity index (χ0n) is 12.4. The number of nitrogens with two attached hydrogens (primary N) is 1. The van der Waals surface area contributed by atoms with E-state index in [1.807, 2.05) is 58.7 Å². The van der Waals surface area contributed by atoms with Gasteiger partial charge in [-0.05, 0) is 24.3 Å². The first-order chi connectivity index (χ1) is 11.3. The highest BCUT2D eigenvalue weighted by Gasteiger charge is 2.12. The molecule has 4 rings (SSSR count). The summed E-state index contributed by atoms with van der Waals surface area (Å²) in [6, 6.07) is 11.7. The van der Waals surface area contributed by atoms with Crippen molar-refractivity contribution in [1.82, 2.24) is 14.6 Å². The Balaban J connectivity index is 1.77. The van der Waals surface area contributed by atoms with Crippen LogP contribution >= 0.6 is 11.3 Å². The van der Waals surface area contributed by atoms with E-state index in [4.69, 9.17) is 15.5 Å². The van der Waals surface area contributed by atoms with Crippen molar-refractivity contribution in [2.75, 3.05) is 12.8 Å². The minimum atomic E-state index is 0.620. The Kier molecular flexibility index (Phi) is 3.24. The van der Waals surface area contributed by atoms with Crippen LogP contribution in [0.5, 0.6) is 5.75 Å². The smallest absolute Gasteiger partial charge is 0.142 e. The van der Waals surface area contributed by atoms with E-state index in [0.29, 0.717) is 11.4 Å². The molecule has 0 atom stereocenters. The van der Waals surface area contributed by atoms with Crippen molar-refractivity contribution in [1.29, 1.82) is 0 Å². The highest BCUT2D eigenvalue weighted by atomic mass is 32.1. The van der Waals surface area contributed by atoms with Gasteiger partial charge in [0.05, 0.1) is 35.8 Å². The van der Waals surface area contributed by atoms with Gasteiger partial charge >= 0.3 is 0 Å². The second-order valence-electron chi connectivity index (χ2n) is 5.08. The Morgan fingerprint density at radius 1 is 1.22 bits per heavy atom. The zero-order chi connectivity index (χ0) is 15.8. The predicted molar refractivity (Wildman–Crippen MR) is 92.7 cm³/mol. The molecule has 2 N–H and O–H groups in total. The number of thiazole rings is 1. The average Bonchev–Trinajstić information content (AvgIpc) is 3.21. The summed E-state index contributed by atoms with van der Waals surface area (Å²) in [5, 5.41) is 7.34. The van der Waals surface area contributed by atoms with Crippen molar-refractivity contribution in [2.24, 2.45) is 0 Å². The molecule has 3 aromatic heterocycles. The molecule has 4 aromatic rings. The molecule has 0 radical (unpaired) electrons. The minimum Gasteiger partial charge on any atom is -0.495 e. The molecule has 0 aliphatic rings. The summed E-state index contributed by atoms with van der Waals surface area (Å²) in [5.74, 6) is 0.660. The fourth-order valence-electron chi connectivity index (χ4n) is 2.50. The first-order valence-corrected chi connectivity index (χ1v) is 7.96. The number of methoxy groups -OCH3 is 1. The molecule has 5 nitrogen and oxygen atoms in total. The molecular weight excluding hydrogens is 308 g/mol. The summed E-state index contributed by atoms with van der Waals surface area (Å²) in [6.07, 6.45) is 3.78. The molecule has 0 fully saturated rings. The summed E-state index contributed by atoms with van der Waals surface area (Å²) >= 11 is 1.60. The number of anilines is 1. The number of benzene rings is 1. The zero-order valence-corrected chi connectivity index (χ0v) is 13.2. The van der Waals surface area contributed by atoms with E-state index < -0.39 is 0 Å². The van der Waals surface area contributed by atoms with Crippen LogP contribution in [0.4, 0.5) is 5.69 Å². The maximum atomic E-state index is 5.87. The number of fused-ring (bicyclic) bond motifs is 1. The molecule has 0 saturated carbocycles. The summed E-state index contributed by atoms with van der Waals surface area (Å²) in [6.45, 7) is 0. The van der Waals surface area contributed by atoms with Gasteiger partial charge in [0.2, 0.25) is 0 Å². The largest absolute Gasteiger partial charge is 0.495 e. The number of ether oxygens (including phenoxy) is 1. The highest BCUT2D eigenvalue weighted by molar-refractivity contribution is 7.13. The molecule has 0 aliphatic heterocycles. The van der Waals surface area contributed by atoms with Gasteiger partial charge in [0.15, 0.2) is 0 Å². The maximum absolute atomic E-state index is 5.87. The van der Waals surface area contributed by atoms with Crippen LogP contribution in [-0.4, -0.2) is 21.7 Å². The van der Waals surface area contributed by atoms with Gasteiger partial charge in [-0.25, -0.2) is 9.50 Å². The van der Waals surface area contributed by atoms with Crippen LogP contribution in [-0.2, 0) is 0 Å². The number of pyridine rings is 1. The van der Waals surface area contributed by atoms with Crippen molar-refractivity contribution >= 4 is 22.5 Å². The van der Waals surface area contributed by atoms with Gasteiger partial charge in [0, 0.05) is 17.1 Å². The van der Waals surface area contributed by atoms with Crippen LogP contribution in [0.2, 0.25) is 0 Å². The second kappa shape index (κ2) is 5.40. The monoisotopic (exact) mass is 322 g/mol. The Morgan fingerprint density at radius 3 is 3.00 bits per heavy atom. The van der Waals surface area contributed by atoms with E-state index in [9.17, 15) is 0 Å². The molecular formula is C17H14N4OS. The number of hydrogen-bond donors (Lipinski definition) is 1. The standard InChI is InChI=1S/C17H14N4OS/c1-22-16-8-11(5-6-13(16)18)14-10-23-17(20-14)12-9-19-21-7-3-2-4-15(12)21/h2-10H,18H2,1H3. The Labute approximate surface area is 137 Å². The maximum Gasteiger partial charge on any atom is 0.142 e. The number of hydrogen-bond acceptors (Lipinski definition) is 5. The second-order valence-corrected chi connectivity index (χ2v) is 5.94. The molecule has 0 bridgehead atoms. The van der Waals surface area contributed by atoms with Crippen LogP contribution < -0.4 is 10.5 Å². The third-order valence-corrected chi connectivity index (χ3v) is 4.57. The third-order valence-electron chi connectivity index (χ3n) is 3.69. The quantitative estimate of drug-likeness (QED) is 0.584. The van der Waals surface area contributed by atoms with Crippen LogP contribution in [0, 0.1) is 0 Å². The molecule has 3 heterocycles. The first kappa shape index (κ1) is 13.8. The van der Waals surface area contributed by atoms with Crippen molar-refractivity contribution in [2.45, 2.75) is 0 Å². The highest BCUT2D eigenvalue weighted by Crippen LogP contribution is 2.33. The van der Waals surface area contributed by atoms with Gasteiger partial charge in [-0.1, -0.05) is 12.1 Å². The molecule has 23 heavy (non-hydrogen) atoms. The fraction of sp³-hybridized carbons (Fsp3) is 0.0588. The van der Waals surface area contributed by atoms with Crippen LogP contribution in [0.1, 0.15) is 0 Å². The van der Waals surface area contributed by atoms with Gasteiger partial charge < -0.3 is 10.5 Å². The molecule has 1 aromatic carbocycles. The predicted octanol–water partition coefficient (Wildman–Crippen LogP) is 3.72. The van der Waals surface area contributed by atoms with Crippen molar-refractivity contribution in [3.05, 3.63) is 54.2 Å². The van der Waals surface area contributed by atoms with E-state index >= 15 is 0 Å². The van der Waals surface area contributed by atoms with Crippen molar-refractivity contribution in [3.8, 4) is 27.6 Å². The van der Waals surface area contributed by atoms with Crippen LogP contribution in [0.15, 0.2) is 54.2 Å². The first-order valence-electron chi connectivity index (χ1n) is 7.08. The lowest BCUT2D eigenvalue weighted by atomic mass is 10.1. The van der Waals surface area contributed by atoms with Crippen LogP contribution in [0.25, 0.3) is 27.3 Å². The Hall–Kier alpha value is -2.86. The lowest BCUT2D eigenvalue weighted by molar-refractivity contribution is 0.417. The molecule has 0 saturated heterocycles. The molecule has 114 valence electrons. The summed E-state index contributed by atoms with van der Waals surface area (Å²) in [5.41, 5.74) is 10.4. The van der Waals surface area contributed by atoms with Crippen molar-refractivity contribution < 1.29 is 4.74 Å². The number of aromatic nitrogens is 3. The molecule has 0 aliphatic carbocycles. The number of rotatable bonds is 3. The van der Waals surface area contributed by atoms with Gasteiger partial charge in [-0.3, -0.25) is 0 Å². The van der Waals surface area contributed by atoms with Crippen molar-refractivity contribution in [3.63, 3.8) is 0 Å². The summed E-state index contributed by atoms with van der Waals surface area (Å²) in [7, 11) is 1.61. The SMILES string of the molecule is COc1cc(-c2csc(-c3cnn4ccccc34)n2)ccc1N. The van der Waals surface area contributed by atoms with E-state index in [0.717, 1.165) is 27.3 Å². The topological polar surface area (TPSA) is 65.4 Å². The Bertz CT molecular complexity index is 989. The van der Waals surface area contributed by atoms with Crippen LogP contribution in [0.3, 0.4) is 0 Å². The van der Waals surface area contributed by atoms with Gasteiger partial charge in [-0.15, -0.1) is 11.3 Å². The normalized spacial score (nSPS) is 11.0. The summed E-state index contributed by atoms with van der Waals surface area (Å²) < 4.78 is 7.13. The van der Waals surface area contributed by atoms with Gasteiger partial charge in [0.25, 0.3) is 0 Å². The lowest BCUT2D eigenvalue weighted by Gasteiger charge is -2.05. The lowest BCUT2D eigenvalue weighted by Crippen LogP contribution is -1.92. The molecule has 0 unspecified atom stereocenters. The van der Waals surface area contributed by atoms with E-state index in [1.165, 1.54) is 0 Å². The molecule has 0 amide bonds. The van der Waals surface area contributed by atoms with Gasteiger partial charge in [0.1, 0.15) is 10.8 Å². The molecule has 6 heteroatoms. The average molecular weight is 322 g/mol. The number of nitrogen functional groups attached to an aromatic ring is 1. The summed E-state index contributed by atoms with van der Waals surface area (Å²) in [4.78, 5) is 4.75. The van der Waals surface area contributed by atoms with E-state index in [-0.39, 0.29) is 0 Å². The Morgan fingerprint density at radius 2 is 2.13 bits per heavy atom. The van der Waals surface area contributed by atoms with Gasteiger partial charge in [-0.2, -0.15) is 5.10 Å². The van der Waals surface area contributed by atoms with E-state index in [2.05, 4.69) is 5.10 Å². The number of nitrogens with zero attached hydrogens (tertiary/aromatic N) is 3. The molecule has 0 spiro atoms. The van der Waals surface area contributed by atoms with E-state index in [1.54, 1.807) is 18.4 Å². The fourth-order valence-corrected chi connectivity index (χ4v) is 3.35. The minimum absolute atomic E-state index is 0.620.